The molecule has 3 N–H and O–H groups in total. The fourth-order valence-corrected chi connectivity index (χ4v) is 4.09. The number of aromatic nitrogens is 1. The zero-order valence-corrected chi connectivity index (χ0v) is 15.5. The summed E-state index contributed by atoms with van der Waals surface area (Å²) in [7, 11) is -3.39. The van der Waals surface area contributed by atoms with E-state index in [4.69, 9.17) is 0 Å². The van der Waals surface area contributed by atoms with Crippen LogP contribution in [-0.2, 0) is 16.4 Å². The molecule has 0 fully saturated rings. The summed E-state index contributed by atoms with van der Waals surface area (Å²) in [6.07, 6.45) is 1.71. The van der Waals surface area contributed by atoms with Crippen LogP contribution < -0.4 is 10.0 Å². The lowest BCUT2D eigenvalue weighted by molar-refractivity contribution is 0.0954. The van der Waals surface area contributed by atoms with Crippen molar-refractivity contribution in [2.75, 3.05) is 17.5 Å². The molecule has 136 valence electrons. The monoisotopic (exact) mass is 391 g/mol. The van der Waals surface area contributed by atoms with Crippen LogP contribution in [0.1, 0.15) is 15.9 Å². The Hall–Kier alpha value is -2.65. The Morgan fingerprint density at radius 1 is 1.19 bits per heavy atom. The number of hydrogen-bond acceptors (Lipinski definition) is 6. The average molecular weight is 391 g/mol. The molecule has 0 aliphatic rings. The topological polar surface area (TPSA) is 108 Å². The third kappa shape index (κ3) is 4.70. The molecule has 1 amide bonds. The lowest BCUT2D eigenvalue weighted by Gasteiger charge is -2.05. The predicted molar refractivity (Wildman–Crippen MR) is 102 cm³/mol. The highest BCUT2D eigenvalue weighted by molar-refractivity contribution is 7.92. The highest BCUT2D eigenvalue weighted by atomic mass is 32.2. The Labute approximate surface area is 154 Å². The van der Waals surface area contributed by atoms with E-state index in [-0.39, 0.29) is 16.8 Å². The van der Waals surface area contributed by atoms with E-state index in [1.807, 2.05) is 0 Å². The van der Waals surface area contributed by atoms with Gasteiger partial charge in [0, 0.05) is 12.1 Å². The summed E-state index contributed by atoms with van der Waals surface area (Å²) >= 11 is 1.17. The first kappa shape index (κ1) is 18.2. The van der Waals surface area contributed by atoms with Crippen molar-refractivity contribution in [2.45, 2.75) is 6.42 Å². The highest BCUT2D eigenvalue weighted by Gasteiger charge is 2.11. The van der Waals surface area contributed by atoms with Crippen molar-refractivity contribution >= 4 is 42.6 Å². The van der Waals surface area contributed by atoms with Crippen LogP contribution in [0.5, 0.6) is 5.75 Å². The molecule has 1 heterocycles. The third-order valence-corrected chi connectivity index (χ3v) is 5.19. The molecule has 0 atom stereocenters. The van der Waals surface area contributed by atoms with Gasteiger partial charge in [-0.25, -0.2) is 13.4 Å². The zero-order chi connectivity index (χ0) is 18.7. The first-order chi connectivity index (χ1) is 12.3. The minimum Gasteiger partial charge on any atom is -0.508 e. The molecule has 0 spiro atoms. The van der Waals surface area contributed by atoms with Crippen molar-refractivity contribution in [1.29, 1.82) is 0 Å². The minimum atomic E-state index is -3.39. The Kier molecular flexibility index (Phi) is 5.10. The molecule has 0 saturated heterocycles. The van der Waals surface area contributed by atoms with Crippen molar-refractivity contribution < 1.29 is 18.3 Å². The normalized spacial score (nSPS) is 11.4. The number of amides is 1. The van der Waals surface area contributed by atoms with E-state index in [1.54, 1.807) is 42.5 Å². The molecular weight excluding hydrogens is 374 g/mol. The van der Waals surface area contributed by atoms with Crippen molar-refractivity contribution in [3.63, 3.8) is 0 Å². The second kappa shape index (κ2) is 7.30. The lowest BCUT2D eigenvalue weighted by atomic mass is 10.1. The van der Waals surface area contributed by atoms with Crippen molar-refractivity contribution in [1.82, 2.24) is 10.3 Å². The summed E-state index contributed by atoms with van der Waals surface area (Å²) in [5.41, 5.74) is 2.12. The molecule has 0 unspecified atom stereocenters. The molecule has 2 aromatic carbocycles. The van der Waals surface area contributed by atoms with E-state index < -0.39 is 10.0 Å². The molecule has 0 radical (unpaired) electrons. The van der Waals surface area contributed by atoms with Gasteiger partial charge in [0.2, 0.25) is 10.0 Å². The number of benzene rings is 2. The van der Waals surface area contributed by atoms with Gasteiger partial charge >= 0.3 is 0 Å². The van der Waals surface area contributed by atoms with Gasteiger partial charge in [-0.2, -0.15) is 0 Å². The average Bonchev–Trinajstić information content (AvgIpc) is 2.95. The van der Waals surface area contributed by atoms with Gasteiger partial charge in [0.15, 0.2) is 5.13 Å². The molecule has 0 bridgehead atoms. The number of carbonyl (C=O) groups is 1. The van der Waals surface area contributed by atoms with Crippen LogP contribution >= 0.6 is 11.3 Å². The van der Waals surface area contributed by atoms with E-state index in [1.165, 1.54) is 11.3 Å². The van der Waals surface area contributed by atoms with E-state index in [0.717, 1.165) is 16.5 Å². The van der Waals surface area contributed by atoms with Gasteiger partial charge in [-0.05, 0) is 42.3 Å². The molecule has 0 aliphatic carbocycles. The summed E-state index contributed by atoms with van der Waals surface area (Å²) in [6, 6.07) is 11.9. The van der Waals surface area contributed by atoms with E-state index in [9.17, 15) is 18.3 Å². The maximum absolute atomic E-state index is 12.3. The molecule has 3 rings (SSSR count). The Morgan fingerprint density at radius 2 is 1.92 bits per heavy atom. The number of fused-ring (bicyclic) bond motifs is 1. The largest absolute Gasteiger partial charge is 0.508 e. The molecular formula is C17H17N3O4S2. The van der Waals surface area contributed by atoms with Crippen LogP contribution in [0.2, 0.25) is 0 Å². The number of hydrogen-bond donors (Lipinski definition) is 3. The molecule has 3 aromatic rings. The van der Waals surface area contributed by atoms with Crippen molar-refractivity contribution in [3.8, 4) is 5.75 Å². The molecule has 26 heavy (non-hydrogen) atoms. The van der Waals surface area contributed by atoms with Crippen LogP contribution in [0.4, 0.5) is 5.13 Å². The first-order valence-electron chi connectivity index (χ1n) is 7.75. The summed E-state index contributed by atoms with van der Waals surface area (Å²) in [4.78, 5) is 16.5. The summed E-state index contributed by atoms with van der Waals surface area (Å²) in [5, 5.41) is 12.4. The number of rotatable bonds is 6. The molecule has 1 aromatic heterocycles. The zero-order valence-electron chi connectivity index (χ0n) is 13.9. The molecule has 7 nitrogen and oxygen atoms in total. The molecule has 9 heteroatoms. The van der Waals surface area contributed by atoms with E-state index in [0.29, 0.717) is 24.0 Å². The van der Waals surface area contributed by atoms with Crippen LogP contribution in [0.3, 0.4) is 0 Å². The Balaban J connectivity index is 1.65. The van der Waals surface area contributed by atoms with Gasteiger partial charge < -0.3 is 10.4 Å². The Bertz CT molecular complexity index is 1040. The number of phenolic OH excluding ortho intramolecular Hbond substituents is 1. The van der Waals surface area contributed by atoms with Crippen molar-refractivity contribution in [3.05, 3.63) is 53.6 Å². The number of thiazole rings is 1. The highest BCUT2D eigenvalue weighted by Crippen LogP contribution is 2.27. The predicted octanol–water partition coefficient (Wildman–Crippen LogP) is 2.35. The second-order valence-corrected chi connectivity index (χ2v) is 8.53. The number of nitrogens with zero attached hydrogens (tertiary/aromatic N) is 1. The standard InChI is InChI=1S/C17H17N3O4S2/c1-26(23,24)20-17-19-14-7-4-12(10-15(14)25-17)16(22)18-9-8-11-2-5-13(21)6-3-11/h2-7,10,21H,8-9H2,1H3,(H,18,22)(H,19,20). The number of sulfonamides is 1. The Morgan fingerprint density at radius 3 is 2.62 bits per heavy atom. The van der Waals surface area contributed by atoms with Gasteiger partial charge in [0.25, 0.3) is 5.91 Å². The second-order valence-electron chi connectivity index (χ2n) is 5.75. The summed E-state index contributed by atoms with van der Waals surface area (Å²) in [6.45, 7) is 0.464. The maximum Gasteiger partial charge on any atom is 0.251 e. The van der Waals surface area contributed by atoms with E-state index >= 15 is 0 Å². The van der Waals surface area contributed by atoms with Gasteiger partial charge in [0.1, 0.15) is 5.75 Å². The summed E-state index contributed by atoms with van der Waals surface area (Å²) in [5.74, 6) is -0.00271. The summed E-state index contributed by atoms with van der Waals surface area (Å²) < 4.78 is 25.6. The van der Waals surface area contributed by atoms with Crippen LogP contribution in [-0.4, -0.2) is 37.2 Å². The number of aromatic hydroxyl groups is 1. The third-order valence-electron chi connectivity index (χ3n) is 3.56. The van der Waals surface area contributed by atoms with Gasteiger partial charge in [-0.15, -0.1) is 0 Å². The number of anilines is 1. The number of nitrogens with one attached hydrogen (secondary N) is 2. The number of phenols is 1. The van der Waals surface area contributed by atoms with Crippen molar-refractivity contribution in [2.24, 2.45) is 0 Å². The fraction of sp³-hybridized carbons (Fsp3) is 0.176. The number of carbonyl (C=O) groups excluding carboxylic acids is 1. The van der Waals surface area contributed by atoms with Gasteiger partial charge in [-0.1, -0.05) is 23.5 Å². The van der Waals surface area contributed by atoms with Crippen LogP contribution in [0.15, 0.2) is 42.5 Å². The molecule has 0 saturated carbocycles. The molecule has 0 aliphatic heterocycles. The van der Waals surface area contributed by atoms with Crippen LogP contribution in [0.25, 0.3) is 10.2 Å². The van der Waals surface area contributed by atoms with Gasteiger partial charge in [-0.3, -0.25) is 9.52 Å². The minimum absolute atomic E-state index is 0.209. The lowest BCUT2D eigenvalue weighted by Crippen LogP contribution is -2.25. The fourth-order valence-electron chi connectivity index (χ4n) is 2.35. The maximum atomic E-state index is 12.3. The smallest absolute Gasteiger partial charge is 0.251 e. The SMILES string of the molecule is CS(=O)(=O)Nc1nc2ccc(C(=O)NCCc3ccc(O)cc3)cc2s1. The quantitative estimate of drug-likeness (QED) is 0.598. The van der Waals surface area contributed by atoms with Gasteiger partial charge in [0.05, 0.1) is 16.5 Å². The van der Waals surface area contributed by atoms with Crippen LogP contribution in [0, 0.1) is 0 Å². The first-order valence-corrected chi connectivity index (χ1v) is 10.5. The van der Waals surface area contributed by atoms with E-state index in [2.05, 4.69) is 15.0 Å².